The fourth-order valence-corrected chi connectivity index (χ4v) is 1.27. The lowest BCUT2D eigenvalue weighted by Crippen LogP contribution is -1.91. The van der Waals surface area contributed by atoms with Gasteiger partial charge >= 0.3 is 0 Å². The van der Waals surface area contributed by atoms with Crippen LogP contribution < -0.4 is 5.73 Å². The monoisotopic (exact) mass is 173 g/mol. The average molecular weight is 173 g/mol. The third-order valence-corrected chi connectivity index (χ3v) is 1.91. The summed E-state index contributed by atoms with van der Waals surface area (Å²) in [5.74, 6) is 0. The Morgan fingerprint density at radius 2 is 2.38 bits per heavy atom. The topological polar surface area (TPSA) is 54.7 Å². The van der Waals surface area contributed by atoms with Crippen molar-refractivity contribution in [1.82, 2.24) is 10.2 Å². The predicted octanol–water partition coefficient (Wildman–Crippen LogP) is 1.53. The van der Waals surface area contributed by atoms with Gasteiger partial charge < -0.3 is 5.73 Å². The Morgan fingerprint density at radius 3 is 3.23 bits per heavy atom. The molecule has 0 aliphatic carbocycles. The Hall–Kier alpha value is -1.61. The van der Waals surface area contributed by atoms with Crippen molar-refractivity contribution in [2.45, 2.75) is 0 Å². The molecule has 0 aliphatic heterocycles. The Kier molecular flexibility index (Phi) is 2.10. The summed E-state index contributed by atoms with van der Waals surface area (Å²) in [5.41, 5.74) is 7.58. The second kappa shape index (κ2) is 3.41. The fourth-order valence-electron chi connectivity index (χ4n) is 1.27. The number of rotatable bonds is 2. The van der Waals surface area contributed by atoms with Gasteiger partial charge in [-0.3, -0.25) is 5.10 Å². The Bertz CT molecular complexity index is 428. The predicted molar refractivity (Wildman–Crippen MR) is 54.2 cm³/mol. The second-order valence-electron chi connectivity index (χ2n) is 2.85. The zero-order chi connectivity index (χ0) is 9.10. The van der Waals surface area contributed by atoms with Crippen molar-refractivity contribution in [2.24, 2.45) is 5.73 Å². The van der Waals surface area contributed by atoms with Gasteiger partial charge in [0.1, 0.15) is 0 Å². The number of nitrogens with one attached hydrogen (secondary N) is 1. The summed E-state index contributed by atoms with van der Waals surface area (Å²) < 4.78 is 0. The van der Waals surface area contributed by atoms with Crippen LogP contribution in [-0.2, 0) is 0 Å². The van der Waals surface area contributed by atoms with E-state index in [1.807, 2.05) is 30.5 Å². The van der Waals surface area contributed by atoms with Crippen LogP contribution in [0.4, 0.5) is 0 Å². The summed E-state index contributed by atoms with van der Waals surface area (Å²) in [4.78, 5) is 0. The summed E-state index contributed by atoms with van der Waals surface area (Å²) in [6.45, 7) is 0.573. The largest absolute Gasteiger partial charge is 0.327 e. The zero-order valence-corrected chi connectivity index (χ0v) is 7.20. The molecule has 0 atom stereocenters. The van der Waals surface area contributed by atoms with Gasteiger partial charge in [0.2, 0.25) is 0 Å². The normalized spacial score (nSPS) is 11.5. The highest BCUT2D eigenvalue weighted by atomic mass is 15.1. The lowest BCUT2D eigenvalue weighted by Gasteiger charge is -1.92. The van der Waals surface area contributed by atoms with Crippen LogP contribution in [0.25, 0.3) is 17.0 Å². The molecule has 0 unspecified atom stereocenters. The maximum atomic E-state index is 5.36. The van der Waals surface area contributed by atoms with Crippen molar-refractivity contribution in [3.63, 3.8) is 0 Å². The number of nitrogens with two attached hydrogens (primary N) is 1. The number of hydrogen-bond acceptors (Lipinski definition) is 2. The molecule has 0 aliphatic rings. The summed E-state index contributed by atoms with van der Waals surface area (Å²) in [6.07, 6.45) is 5.75. The van der Waals surface area contributed by atoms with Crippen LogP contribution in [0.2, 0.25) is 0 Å². The van der Waals surface area contributed by atoms with E-state index in [4.69, 9.17) is 5.73 Å². The van der Waals surface area contributed by atoms with Crippen LogP contribution in [0, 0.1) is 0 Å². The van der Waals surface area contributed by atoms with Crippen molar-refractivity contribution in [2.75, 3.05) is 6.54 Å². The van der Waals surface area contributed by atoms with E-state index >= 15 is 0 Å². The smallest absolute Gasteiger partial charge is 0.0650 e. The quantitative estimate of drug-likeness (QED) is 0.723. The molecule has 0 spiro atoms. The zero-order valence-electron chi connectivity index (χ0n) is 7.20. The van der Waals surface area contributed by atoms with Crippen molar-refractivity contribution < 1.29 is 0 Å². The average Bonchev–Trinajstić information content (AvgIpc) is 2.61. The van der Waals surface area contributed by atoms with E-state index in [9.17, 15) is 0 Å². The molecule has 0 fully saturated rings. The van der Waals surface area contributed by atoms with Gasteiger partial charge in [-0.1, -0.05) is 18.2 Å². The van der Waals surface area contributed by atoms with Crippen LogP contribution in [0.15, 0.2) is 30.5 Å². The first-order chi connectivity index (χ1) is 6.40. The van der Waals surface area contributed by atoms with Gasteiger partial charge in [-0.2, -0.15) is 5.10 Å². The van der Waals surface area contributed by atoms with Crippen molar-refractivity contribution in [1.29, 1.82) is 0 Å². The van der Waals surface area contributed by atoms with E-state index in [0.29, 0.717) is 6.54 Å². The first-order valence-corrected chi connectivity index (χ1v) is 4.20. The van der Waals surface area contributed by atoms with E-state index in [2.05, 4.69) is 16.3 Å². The summed E-state index contributed by atoms with van der Waals surface area (Å²) in [6, 6.07) is 6.12. The minimum Gasteiger partial charge on any atom is -0.327 e. The summed E-state index contributed by atoms with van der Waals surface area (Å²) in [7, 11) is 0. The fraction of sp³-hybridized carbons (Fsp3) is 0.100. The van der Waals surface area contributed by atoms with E-state index in [1.165, 1.54) is 0 Å². The lowest BCUT2D eigenvalue weighted by atomic mass is 10.1. The lowest BCUT2D eigenvalue weighted by molar-refractivity contribution is 1.12. The van der Waals surface area contributed by atoms with Crippen molar-refractivity contribution in [3.05, 3.63) is 36.0 Å². The van der Waals surface area contributed by atoms with E-state index < -0.39 is 0 Å². The maximum Gasteiger partial charge on any atom is 0.0650 e. The molecule has 3 heteroatoms. The highest BCUT2D eigenvalue weighted by Gasteiger charge is 1.94. The minimum atomic E-state index is 0.573. The van der Waals surface area contributed by atoms with Gasteiger partial charge in [0.05, 0.1) is 11.7 Å². The molecule has 3 N–H and O–H groups in total. The molecule has 66 valence electrons. The number of aromatic nitrogens is 2. The first kappa shape index (κ1) is 8.01. The molecule has 1 aromatic heterocycles. The van der Waals surface area contributed by atoms with Gasteiger partial charge in [0, 0.05) is 11.9 Å². The van der Waals surface area contributed by atoms with Gasteiger partial charge in [-0.05, 0) is 17.7 Å². The Labute approximate surface area is 76.3 Å². The van der Waals surface area contributed by atoms with Gasteiger partial charge in [0.25, 0.3) is 0 Å². The molecule has 0 saturated heterocycles. The van der Waals surface area contributed by atoms with E-state index in [0.717, 1.165) is 16.5 Å². The van der Waals surface area contributed by atoms with Crippen LogP contribution in [0.1, 0.15) is 5.56 Å². The highest BCUT2D eigenvalue weighted by Crippen LogP contribution is 2.13. The Morgan fingerprint density at radius 1 is 1.46 bits per heavy atom. The number of nitrogens with zero attached hydrogens (tertiary/aromatic N) is 1. The van der Waals surface area contributed by atoms with Crippen LogP contribution >= 0.6 is 0 Å². The molecule has 3 nitrogen and oxygen atoms in total. The molecule has 0 bridgehead atoms. The van der Waals surface area contributed by atoms with Crippen LogP contribution in [0.5, 0.6) is 0 Å². The molecule has 1 heterocycles. The summed E-state index contributed by atoms with van der Waals surface area (Å²) >= 11 is 0. The molecule has 1 aromatic carbocycles. The molecule has 0 radical (unpaired) electrons. The molecular formula is C10H11N3. The maximum absolute atomic E-state index is 5.36. The summed E-state index contributed by atoms with van der Waals surface area (Å²) in [5, 5.41) is 7.98. The van der Waals surface area contributed by atoms with Gasteiger partial charge in [-0.15, -0.1) is 0 Å². The number of aromatic amines is 1. The molecule has 2 rings (SSSR count). The second-order valence-corrected chi connectivity index (χ2v) is 2.85. The molecule has 0 saturated carbocycles. The first-order valence-electron chi connectivity index (χ1n) is 4.20. The SMILES string of the molecule is NCC=Cc1ccc2[nH]ncc2c1. The van der Waals surface area contributed by atoms with Crippen molar-refractivity contribution in [3.8, 4) is 0 Å². The van der Waals surface area contributed by atoms with E-state index in [-0.39, 0.29) is 0 Å². The number of hydrogen-bond donors (Lipinski definition) is 2. The minimum absolute atomic E-state index is 0.573. The number of benzene rings is 1. The number of fused-ring (bicyclic) bond motifs is 1. The molecular weight excluding hydrogens is 162 g/mol. The third-order valence-electron chi connectivity index (χ3n) is 1.91. The van der Waals surface area contributed by atoms with E-state index in [1.54, 1.807) is 0 Å². The molecule has 2 aromatic rings. The Balaban J connectivity index is 2.42. The third kappa shape index (κ3) is 1.60. The highest BCUT2D eigenvalue weighted by molar-refractivity contribution is 5.80. The van der Waals surface area contributed by atoms with Gasteiger partial charge in [-0.25, -0.2) is 0 Å². The van der Waals surface area contributed by atoms with Crippen LogP contribution in [0.3, 0.4) is 0 Å². The molecule has 13 heavy (non-hydrogen) atoms. The number of H-pyrrole nitrogens is 1. The molecule has 0 amide bonds. The van der Waals surface area contributed by atoms with Gasteiger partial charge in [0.15, 0.2) is 0 Å². The van der Waals surface area contributed by atoms with Crippen molar-refractivity contribution >= 4 is 17.0 Å². The van der Waals surface area contributed by atoms with Crippen LogP contribution in [-0.4, -0.2) is 16.7 Å². The standard InChI is InChI=1S/C10H11N3/c11-5-1-2-8-3-4-10-9(6-8)7-12-13-10/h1-4,6-7H,5,11H2,(H,12,13).